The van der Waals surface area contributed by atoms with E-state index >= 15 is 0 Å². The highest BCUT2D eigenvalue weighted by molar-refractivity contribution is 5.97. The molecule has 0 saturated carbocycles. The Balaban J connectivity index is 1.56. The maximum absolute atomic E-state index is 11.0. The number of aromatic carboxylic acids is 1. The zero-order chi connectivity index (χ0) is 19.8. The Morgan fingerprint density at radius 3 is 2.69 bits per heavy atom. The van der Waals surface area contributed by atoms with Crippen molar-refractivity contribution in [2.45, 2.75) is 6.61 Å². The zero-order valence-electron chi connectivity index (χ0n) is 14.9. The van der Waals surface area contributed by atoms with Gasteiger partial charge in [0.1, 0.15) is 12.9 Å². The van der Waals surface area contributed by atoms with Gasteiger partial charge in [0.2, 0.25) is 5.88 Å². The Morgan fingerprint density at radius 2 is 1.97 bits per heavy atom. The zero-order valence-corrected chi connectivity index (χ0v) is 14.9. The average Bonchev–Trinajstić information content (AvgIpc) is 3.42. The number of rotatable bonds is 5. The lowest BCUT2D eigenvalue weighted by Crippen LogP contribution is -2.05. The SMILES string of the molecule is O=C(O)c1ccc(COc2nn3c(-c4ccoc4)nnc3c3ccccc23)nc1. The van der Waals surface area contributed by atoms with Crippen LogP contribution in [-0.4, -0.2) is 35.9 Å². The molecule has 1 N–H and O–H groups in total. The van der Waals surface area contributed by atoms with Gasteiger partial charge in [0.05, 0.1) is 23.1 Å². The summed E-state index contributed by atoms with van der Waals surface area (Å²) in [5.41, 5.74) is 2.05. The highest BCUT2D eigenvalue weighted by Crippen LogP contribution is 2.29. The molecule has 0 radical (unpaired) electrons. The summed E-state index contributed by atoms with van der Waals surface area (Å²) in [6.45, 7) is 0.131. The lowest BCUT2D eigenvalue weighted by Gasteiger charge is -2.09. The van der Waals surface area contributed by atoms with Gasteiger partial charge in [-0.2, -0.15) is 4.52 Å². The molecule has 1 aromatic carbocycles. The topological polar surface area (TPSA) is 116 Å². The van der Waals surface area contributed by atoms with Crippen LogP contribution in [0.25, 0.3) is 27.8 Å². The predicted molar refractivity (Wildman–Crippen MR) is 102 cm³/mol. The van der Waals surface area contributed by atoms with Crippen molar-refractivity contribution in [1.29, 1.82) is 0 Å². The fourth-order valence-electron chi connectivity index (χ4n) is 3.01. The van der Waals surface area contributed by atoms with Crippen LogP contribution in [0.2, 0.25) is 0 Å². The van der Waals surface area contributed by atoms with Gasteiger partial charge in [-0.25, -0.2) is 4.79 Å². The molecule has 0 aliphatic rings. The Kier molecular flexibility index (Phi) is 3.91. The second kappa shape index (κ2) is 6.71. The van der Waals surface area contributed by atoms with Gasteiger partial charge >= 0.3 is 5.97 Å². The second-order valence-electron chi connectivity index (χ2n) is 6.25. The van der Waals surface area contributed by atoms with Crippen molar-refractivity contribution in [1.82, 2.24) is 24.8 Å². The van der Waals surface area contributed by atoms with E-state index in [1.165, 1.54) is 12.3 Å². The molecule has 5 rings (SSSR count). The van der Waals surface area contributed by atoms with E-state index in [-0.39, 0.29) is 12.2 Å². The van der Waals surface area contributed by atoms with Crippen molar-refractivity contribution < 1.29 is 19.1 Å². The van der Waals surface area contributed by atoms with E-state index in [4.69, 9.17) is 14.3 Å². The third-order valence-electron chi connectivity index (χ3n) is 4.44. The highest BCUT2D eigenvalue weighted by atomic mass is 16.5. The van der Waals surface area contributed by atoms with Gasteiger partial charge < -0.3 is 14.3 Å². The van der Waals surface area contributed by atoms with Gasteiger partial charge in [0, 0.05) is 17.0 Å². The van der Waals surface area contributed by atoms with Crippen LogP contribution in [0.5, 0.6) is 5.88 Å². The average molecular weight is 387 g/mol. The van der Waals surface area contributed by atoms with Crippen LogP contribution in [0.15, 0.2) is 65.6 Å². The number of carboxylic acid groups (broad SMARTS) is 1. The van der Waals surface area contributed by atoms with Gasteiger partial charge in [-0.05, 0) is 24.3 Å². The summed E-state index contributed by atoms with van der Waals surface area (Å²) in [7, 11) is 0. The smallest absolute Gasteiger partial charge is 0.337 e. The lowest BCUT2D eigenvalue weighted by molar-refractivity contribution is 0.0696. The molecule has 5 aromatic rings. The molecule has 0 atom stereocenters. The van der Waals surface area contributed by atoms with E-state index in [0.717, 1.165) is 16.3 Å². The minimum atomic E-state index is -1.03. The van der Waals surface area contributed by atoms with Crippen molar-refractivity contribution in [3.8, 4) is 17.3 Å². The largest absolute Gasteiger partial charge is 0.478 e. The Morgan fingerprint density at radius 1 is 1.10 bits per heavy atom. The highest BCUT2D eigenvalue weighted by Gasteiger charge is 2.17. The first-order valence-electron chi connectivity index (χ1n) is 8.68. The Hall–Kier alpha value is -4.27. The van der Waals surface area contributed by atoms with E-state index in [1.54, 1.807) is 29.2 Å². The van der Waals surface area contributed by atoms with Crippen LogP contribution < -0.4 is 4.74 Å². The number of nitrogens with zero attached hydrogens (tertiary/aromatic N) is 5. The maximum Gasteiger partial charge on any atom is 0.337 e. The molecule has 0 spiro atoms. The summed E-state index contributed by atoms with van der Waals surface area (Å²) in [4.78, 5) is 15.1. The van der Waals surface area contributed by atoms with Crippen LogP contribution in [0.3, 0.4) is 0 Å². The summed E-state index contributed by atoms with van der Waals surface area (Å²) in [5.74, 6) is -0.0995. The molecule has 9 heteroatoms. The van der Waals surface area contributed by atoms with Crippen molar-refractivity contribution in [3.05, 3.63) is 72.4 Å². The van der Waals surface area contributed by atoms with Crippen LogP contribution in [0.4, 0.5) is 0 Å². The number of furan rings is 1. The number of pyridine rings is 1. The lowest BCUT2D eigenvalue weighted by atomic mass is 10.2. The van der Waals surface area contributed by atoms with Crippen LogP contribution >= 0.6 is 0 Å². The number of benzene rings is 1. The first-order chi connectivity index (χ1) is 14.2. The second-order valence-corrected chi connectivity index (χ2v) is 6.25. The maximum atomic E-state index is 11.0. The fourth-order valence-corrected chi connectivity index (χ4v) is 3.01. The minimum Gasteiger partial charge on any atom is -0.478 e. The van der Waals surface area contributed by atoms with Gasteiger partial charge in [-0.1, -0.05) is 18.2 Å². The number of hydrogen-bond donors (Lipinski definition) is 1. The van der Waals surface area contributed by atoms with Crippen molar-refractivity contribution in [3.63, 3.8) is 0 Å². The van der Waals surface area contributed by atoms with Crippen molar-refractivity contribution in [2.75, 3.05) is 0 Å². The Labute approximate surface area is 163 Å². The molecule has 0 amide bonds. The predicted octanol–water partition coefficient (Wildman–Crippen LogP) is 3.21. The van der Waals surface area contributed by atoms with E-state index in [2.05, 4.69) is 20.3 Å². The molecule has 29 heavy (non-hydrogen) atoms. The van der Waals surface area contributed by atoms with Crippen molar-refractivity contribution in [2.24, 2.45) is 0 Å². The van der Waals surface area contributed by atoms with Crippen LogP contribution in [-0.2, 0) is 6.61 Å². The molecular formula is C20H13N5O4. The number of hydrogen-bond acceptors (Lipinski definition) is 7. The van der Waals surface area contributed by atoms with Crippen molar-refractivity contribution >= 4 is 22.4 Å². The standard InChI is InChI=1S/C20H13N5O4/c26-20(27)12-5-6-14(21-9-12)11-29-19-16-4-2-1-3-15(16)18-23-22-17(25(18)24-19)13-7-8-28-10-13/h1-10H,11H2,(H,26,27). The normalized spacial score (nSPS) is 11.2. The first kappa shape index (κ1) is 16.9. The van der Waals surface area contributed by atoms with E-state index < -0.39 is 5.97 Å². The van der Waals surface area contributed by atoms with Gasteiger partial charge in [0.25, 0.3) is 0 Å². The molecule has 0 fully saturated rings. The molecule has 0 aliphatic carbocycles. The van der Waals surface area contributed by atoms with Crippen LogP contribution in [0.1, 0.15) is 16.1 Å². The summed E-state index contributed by atoms with van der Waals surface area (Å²) in [5, 5.41) is 23.7. The Bertz CT molecular complexity index is 1330. The molecule has 142 valence electrons. The minimum absolute atomic E-state index is 0.119. The first-order valence-corrected chi connectivity index (χ1v) is 8.68. The molecule has 4 aromatic heterocycles. The van der Waals surface area contributed by atoms with Gasteiger partial charge in [0.15, 0.2) is 11.5 Å². The summed E-state index contributed by atoms with van der Waals surface area (Å²) in [6.07, 6.45) is 4.43. The number of carbonyl (C=O) groups is 1. The summed E-state index contributed by atoms with van der Waals surface area (Å²) < 4.78 is 12.7. The van der Waals surface area contributed by atoms with Crippen LogP contribution in [0, 0.1) is 0 Å². The quantitative estimate of drug-likeness (QED) is 0.489. The fraction of sp³-hybridized carbons (Fsp3) is 0.0500. The molecule has 4 heterocycles. The molecule has 0 unspecified atom stereocenters. The molecule has 0 saturated heterocycles. The number of aromatic nitrogens is 5. The van der Waals surface area contributed by atoms with E-state index in [0.29, 0.717) is 23.0 Å². The third kappa shape index (κ3) is 2.94. The molecule has 9 nitrogen and oxygen atoms in total. The van der Waals surface area contributed by atoms with E-state index in [1.807, 2.05) is 24.3 Å². The van der Waals surface area contributed by atoms with Gasteiger partial charge in [-0.15, -0.1) is 15.3 Å². The summed E-state index contributed by atoms with van der Waals surface area (Å²) >= 11 is 0. The molecule has 0 aliphatic heterocycles. The monoisotopic (exact) mass is 387 g/mol. The van der Waals surface area contributed by atoms with Gasteiger partial charge in [-0.3, -0.25) is 4.98 Å². The third-order valence-corrected chi connectivity index (χ3v) is 4.44. The number of carboxylic acids is 1. The molecule has 0 bridgehead atoms. The molecular weight excluding hydrogens is 374 g/mol. The van der Waals surface area contributed by atoms with E-state index in [9.17, 15) is 4.79 Å². The summed E-state index contributed by atoms with van der Waals surface area (Å²) in [6, 6.07) is 12.5. The number of ether oxygens (including phenoxy) is 1. The number of fused-ring (bicyclic) bond motifs is 3.